The molecule has 1 aromatic rings. The van der Waals surface area contributed by atoms with E-state index in [0.717, 1.165) is 18.7 Å². The van der Waals surface area contributed by atoms with Crippen LogP contribution in [-0.4, -0.2) is 40.1 Å². The van der Waals surface area contributed by atoms with Gasteiger partial charge in [0.25, 0.3) is 0 Å². The first kappa shape index (κ1) is 13.1. The molecule has 1 heterocycles. The van der Waals surface area contributed by atoms with E-state index >= 15 is 0 Å². The lowest BCUT2D eigenvalue weighted by molar-refractivity contribution is -0.122. The first-order chi connectivity index (χ1) is 7.74. The van der Waals surface area contributed by atoms with Crippen LogP contribution in [0, 0.1) is 0 Å². The molecular formula is C10H18N4OS. The molecule has 1 rings (SSSR count). The zero-order valence-corrected chi connectivity index (χ0v) is 10.2. The van der Waals surface area contributed by atoms with Crippen LogP contribution < -0.4 is 11.1 Å². The Labute approximate surface area is 99.8 Å². The van der Waals surface area contributed by atoms with Gasteiger partial charge in [0.05, 0.1) is 12.4 Å². The number of nitrogens with two attached hydrogens (primary N) is 1. The number of thioether (sulfide) groups is 1. The van der Waals surface area contributed by atoms with Crippen molar-refractivity contribution in [2.75, 3.05) is 18.6 Å². The Morgan fingerprint density at radius 2 is 2.50 bits per heavy atom. The number of nitrogens with one attached hydrogen (secondary N) is 1. The third-order valence-corrected chi connectivity index (χ3v) is 2.84. The molecule has 90 valence electrons. The van der Waals surface area contributed by atoms with E-state index in [4.69, 9.17) is 5.73 Å². The molecule has 0 radical (unpaired) electrons. The van der Waals surface area contributed by atoms with Gasteiger partial charge in [0.15, 0.2) is 0 Å². The molecule has 0 saturated carbocycles. The van der Waals surface area contributed by atoms with Crippen LogP contribution in [0.2, 0.25) is 0 Å². The van der Waals surface area contributed by atoms with E-state index < -0.39 is 6.04 Å². The summed E-state index contributed by atoms with van der Waals surface area (Å²) < 4.78 is 1.91. The summed E-state index contributed by atoms with van der Waals surface area (Å²) in [6.45, 7) is 1.31. The van der Waals surface area contributed by atoms with Crippen molar-refractivity contribution in [3.05, 3.63) is 18.7 Å². The Balaban J connectivity index is 2.14. The molecule has 0 aliphatic rings. The largest absolute Gasteiger partial charge is 0.353 e. The third kappa shape index (κ3) is 4.67. The van der Waals surface area contributed by atoms with Crippen LogP contribution in [0.15, 0.2) is 18.7 Å². The van der Waals surface area contributed by atoms with Crippen molar-refractivity contribution in [2.45, 2.75) is 19.0 Å². The third-order valence-electron chi connectivity index (χ3n) is 2.20. The van der Waals surface area contributed by atoms with Gasteiger partial charge in [-0.1, -0.05) is 0 Å². The number of aromatic nitrogens is 2. The number of imidazole rings is 1. The average Bonchev–Trinajstić information content (AvgIpc) is 2.78. The zero-order chi connectivity index (χ0) is 11.8. The van der Waals surface area contributed by atoms with Crippen LogP contribution >= 0.6 is 11.8 Å². The maximum Gasteiger partial charge on any atom is 0.237 e. The second-order valence-corrected chi connectivity index (χ2v) is 4.47. The Morgan fingerprint density at radius 3 is 3.12 bits per heavy atom. The van der Waals surface area contributed by atoms with E-state index in [1.165, 1.54) is 0 Å². The van der Waals surface area contributed by atoms with E-state index in [0.29, 0.717) is 6.54 Å². The maximum absolute atomic E-state index is 11.5. The lowest BCUT2D eigenvalue weighted by atomic mass is 10.2. The normalized spacial score (nSPS) is 12.4. The first-order valence-electron chi connectivity index (χ1n) is 5.22. The summed E-state index contributed by atoms with van der Waals surface area (Å²) in [5.74, 6) is 0.838. The van der Waals surface area contributed by atoms with Crippen molar-refractivity contribution in [1.82, 2.24) is 14.9 Å². The summed E-state index contributed by atoms with van der Waals surface area (Å²) in [7, 11) is 0. The molecule has 5 nitrogen and oxygen atoms in total. The van der Waals surface area contributed by atoms with E-state index in [9.17, 15) is 4.79 Å². The summed E-state index contributed by atoms with van der Waals surface area (Å²) in [6.07, 6.45) is 8.02. The molecule has 0 spiro atoms. The molecule has 0 unspecified atom stereocenters. The minimum absolute atomic E-state index is 0.0748. The summed E-state index contributed by atoms with van der Waals surface area (Å²) in [4.78, 5) is 15.4. The lowest BCUT2D eigenvalue weighted by Gasteiger charge is -2.11. The molecule has 1 aromatic heterocycles. The zero-order valence-electron chi connectivity index (χ0n) is 9.43. The molecule has 1 atom stereocenters. The average molecular weight is 242 g/mol. The topological polar surface area (TPSA) is 72.9 Å². The maximum atomic E-state index is 11.5. The van der Waals surface area contributed by atoms with E-state index in [2.05, 4.69) is 10.3 Å². The van der Waals surface area contributed by atoms with Crippen molar-refractivity contribution in [2.24, 2.45) is 5.73 Å². The number of amides is 1. The number of hydrogen-bond donors (Lipinski definition) is 2. The number of carbonyl (C=O) groups is 1. The highest BCUT2D eigenvalue weighted by Crippen LogP contribution is 1.98. The van der Waals surface area contributed by atoms with Gasteiger partial charge in [0.2, 0.25) is 5.91 Å². The molecule has 16 heavy (non-hydrogen) atoms. The Kier molecular flexibility index (Phi) is 5.95. The van der Waals surface area contributed by atoms with Crippen LogP contribution in [0.4, 0.5) is 0 Å². The van der Waals surface area contributed by atoms with Crippen molar-refractivity contribution in [3.63, 3.8) is 0 Å². The highest BCUT2D eigenvalue weighted by molar-refractivity contribution is 7.98. The van der Waals surface area contributed by atoms with Gasteiger partial charge in [-0.2, -0.15) is 11.8 Å². The fraction of sp³-hybridized carbons (Fsp3) is 0.600. The Hall–Kier alpha value is -1.01. The van der Waals surface area contributed by atoms with Gasteiger partial charge in [-0.15, -0.1) is 0 Å². The van der Waals surface area contributed by atoms with E-state index in [1.54, 1.807) is 24.3 Å². The van der Waals surface area contributed by atoms with Crippen LogP contribution in [0.1, 0.15) is 6.42 Å². The number of carbonyl (C=O) groups excluding carboxylic acids is 1. The summed E-state index contributed by atoms with van der Waals surface area (Å²) in [5.41, 5.74) is 5.72. The second-order valence-electron chi connectivity index (χ2n) is 3.48. The minimum atomic E-state index is -0.393. The fourth-order valence-corrected chi connectivity index (χ4v) is 1.72. The predicted molar refractivity (Wildman–Crippen MR) is 66.2 cm³/mol. The molecule has 0 aliphatic carbocycles. The van der Waals surface area contributed by atoms with Crippen LogP contribution in [-0.2, 0) is 11.3 Å². The molecule has 0 aliphatic heterocycles. The number of nitrogens with zero attached hydrogens (tertiary/aromatic N) is 2. The molecule has 0 saturated heterocycles. The molecule has 1 amide bonds. The Morgan fingerprint density at radius 1 is 1.69 bits per heavy atom. The first-order valence-corrected chi connectivity index (χ1v) is 6.61. The number of rotatable bonds is 7. The summed E-state index contributed by atoms with van der Waals surface area (Å²) in [5, 5.41) is 2.81. The monoisotopic (exact) mass is 242 g/mol. The van der Waals surface area contributed by atoms with Gasteiger partial charge in [0.1, 0.15) is 0 Å². The highest BCUT2D eigenvalue weighted by Gasteiger charge is 2.11. The fourth-order valence-electron chi connectivity index (χ4n) is 1.23. The van der Waals surface area contributed by atoms with Crippen molar-refractivity contribution >= 4 is 17.7 Å². The molecule has 0 bridgehead atoms. The molecule has 3 N–H and O–H groups in total. The minimum Gasteiger partial charge on any atom is -0.353 e. The van der Waals surface area contributed by atoms with E-state index in [-0.39, 0.29) is 5.91 Å². The highest BCUT2D eigenvalue weighted by atomic mass is 32.2. The van der Waals surface area contributed by atoms with Gasteiger partial charge in [-0.05, 0) is 18.4 Å². The standard InChI is InChI=1S/C10H18N4OS/c1-16-7-2-9(11)10(15)13-4-6-14-5-3-12-8-14/h3,5,8-9H,2,4,6-7,11H2,1H3,(H,13,15)/t9-/m1/s1. The van der Waals surface area contributed by atoms with E-state index in [1.807, 2.05) is 17.0 Å². The molecule has 0 fully saturated rings. The van der Waals surface area contributed by atoms with Crippen molar-refractivity contribution in [1.29, 1.82) is 0 Å². The van der Waals surface area contributed by atoms with Gasteiger partial charge in [-0.25, -0.2) is 4.98 Å². The lowest BCUT2D eigenvalue weighted by Crippen LogP contribution is -2.42. The van der Waals surface area contributed by atoms with Gasteiger partial charge in [0, 0.05) is 25.5 Å². The van der Waals surface area contributed by atoms with Crippen molar-refractivity contribution in [3.8, 4) is 0 Å². The summed E-state index contributed by atoms with van der Waals surface area (Å²) in [6, 6.07) is -0.393. The smallest absolute Gasteiger partial charge is 0.237 e. The quantitative estimate of drug-likeness (QED) is 0.710. The SMILES string of the molecule is CSCC[C@@H](N)C(=O)NCCn1ccnc1. The van der Waals surface area contributed by atoms with Crippen LogP contribution in [0.5, 0.6) is 0 Å². The van der Waals surface area contributed by atoms with Gasteiger partial charge >= 0.3 is 0 Å². The predicted octanol–water partition coefficient (Wildman–Crippen LogP) is 0.0797. The molecule has 6 heteroatoms. The number of hydrogen-bond acceptors (Lipinski definition) is 4. The molecular weight excluding hydrogens is 224 g/mol. The Bertz CT molecular complexity index is 302. The molecule has 0 aromatic carbocycles. The van der Waals surface area contributed by atoms with Gasteiger partial charge in [-0.3, -0.25) is 4.79 Å². The summed E-state index contributed by atoms with van der Waals surface area (Å²) >= 11 is 1.70. The van der Waals surface area contributed by atoms with Crippen LogP contribution in [0.25, 0.3) is 0 Å². The second kappa shape index (κ2) is 7.29. The van der Waals surface area contributed by atoms with Gasteiger partial charge < -0.3 is 15.6 Å². The van der Waals surface area contributed by atoms with Crippen molar-refractivity contribution < 1.29 is 4.79 Å². The van der Waals surface area contributed by atoms with Crippen LogP contribution in [0.3, 0.4) is 0 Å².